The Kier molecular flexibility index (Phi) is 4.77. The fraction of sp³-hybridized carbons (Fsp3) is 0.0588. The average molecular weight is 389 g/mol. The number of nitrogen functional groups attached to an aromatic ring is 1. The summed E-state index contributed by atoms with van der Waals surface area (Å²) in [5, 5.41) is 8.74. The molecule has 1 amide bonds. The maximum atomic E-state index is 13.0. The average Bonchev–Trinajstić information content (AvgIpc) is 3.15. The maximum absolute atomic E-state index is 13.0. The number of aromatic nitrogens is 1. The molecule has 7 nitrogen and oxygen atoms in total. The molecule has 0 aliphatic rings. The van der Waals surface area contributed by atoms with Gasteiger partial charge in [-0.3, -0.25) is 15.0 Å². The molecule has 134 valence electrons. The van der Waals surface area contributed by atoms with Crippen molar-refractivity contribution < 1.29 is 18.4 Å². The molecule has 3 aromatic rings. The quantitative estimate of drug-likeness (QED) is 0.358. The molecule has 0 radical (unpaired) electrons. The number of hydroxylamine groups is 1. The van der Waals surface area contributed by atoms with Gasteiger partial charge in [0.2, 0.25) is 9.84 Å². The van der Waals surface area contributed by atoms with Crippen molar-refractivity contribution >= 4 is 32.8 Å². The predicted molar refractivity (Wildman–Crippen MR) is 97.8 cm³/mol. The van der Waals surface area contributed by atoms with Crippen LogP contribution >= 0.6 is 11.3 Å². The number of nitrogens with zero attached hydrogens (tertiary/aromatic N) is 1. The molecule has 2 heterocycles. The highest BCUT2D eigenvalue weighted by atomic mass is 32.2. The summed E-state index contributed by atoms with van der Waals surface area (Å²) in [5.74, 6) is -0.803. The number of nitrogens with one attached hydrogen (secondary N) is 1. The number of carbonyl (C=O) groups is 1. The lowest BCUT2D eigenvalue weighted by Crippen LogP contribution is -2.21. The van der Waals surface area contributed by atoms with Crippen molar-refractivity contribution in [2.75, 3.05) is 5.73 Å². The van der Waals surface area contributed by atoms with E-state index in [-0.39, 0.29) is 25.9 Å². The number of anilines is 1. The number of carbonyl (C=O) groups excluding carboxylic acids is 1. The van der Waals surface area contributed by atoms with Crippen LogP contribution in [0.25, 0.3) is 10.6 Å². The van der Waals surface area contributed by atoms with Crippen molar-refractivity contribution in [3.63, 3.8) is 0 Å². The van der Waals surface area contributed by atoms with Crippen LogP contribution in [0.5, 0.6) is 0 Å². The number of rotatable bonds is 4. The third-order valence-electron chi connectivity index (χ3n) is 3.86. The number of thiophene rings is 1. The van der Waals surface area contributed by atoms with E-state index in [1.807, 2.05) is 6.07 Å². The Labute approximate surface area is 154 Å². The summed E-state index contributed by atoms with van der Waals surface area (Å²) in [6, 6.07) is 11.2. The van der Waals surface area contributed by atoms with Crippen LogP contribution in [0.2, 0.25) is 0 Å². The molecular weight excluding hydrogens is 374 g/mol. The summed E-state index contributed by atoms with van der Waals surface area (Å²) in [4.78, 5) is 16.5. The third-order valence-corrected chi connectivity index (χ3v) is 7.36. The molecule has 0 atom stereocenters. The largest absolute Gasteiger partial charge is 0.398 e. The Bertz CT molecular complexity index is 1080. The summed E-state index contributed by atoms with van der Waals surface area (Å²) < 4.78 is 26.1. The van der Waals surface area contributed by atoms with Gasteiger partial charge in [-0.25, -0.2) is 13.9 Å². The second-order valence-electron chi connectivity index (χ2n) is 5.43. The van der Waals surface area contributed by atoms with E-state index in [1.165, 1.54) is 30.6 Å². The number of benzene rings is 1. The van der Waals surface area contributed by atoms with Crippen LogP contribution < -0.4 is 11.2 Å². The summed E-state index contributed by atoms with van der Waals surface area (Å²) in [7, 11) is -3.81. The van der Waals surface area contributed by atoms with Crippen molar-refractivity contribution in [2.24, 2.45) is 0 Å². The summed E-state index contributed by atoms with van der Waals surface area (Å²) >= 11 is 1.11. The van der Waals surface area contributed by atoms with E-state index in [9.17, 15) is 13.2 Å². The molecule has 0 saturated heterocycles. The van der Waals surface area contributed by atoms with E-state index in [2.05, 4.69) is 4.98 Å². The van der Waals surface area contributed by atoms with Gasteiger partial charge in [-0.15, -0.1) is 11.3 Å². The first-order valence-electron chi connectivity index (χ1n) is 7.46. The van der Waals surface area contributed by atoms with Crippen molar-refractivity contribution in [1.29, 1.82) is 0 Å². The Balaban J connectivity index is 2.06. The predicted octanol–water partition coefficient (Wildman–Crippen LogP) is 2.65. The lowest BCUT2D eigenvalue weighted by Gasteiger charge is -2.11. The molecule has 0 aliphatic heterocycles. The lowest BCUT2D eigenvalue weighted by atomic mass is 10.1. The normalized spacial score (nSPS) is 11.3. The van der Waals surface area contributed by atoms with E-state index < -0.39 is 15.7 Å². The molecule has 26 heavy (non-hydrogen) atoms. The molecule has 4 N–H and O–H groups in total. The van der Waals surface area contributed by atoms with E-state index in [4.69, 9.17) is 10.9 Å². The van der Waals surface area contributed by atoms with Crippen LogP contribution in [0.15, 0.2) is 57.8 Å². The van der Waals surface area contributed by atoms with Gasteiger partial charge >= 0.3 is 0 Å². The SMILES string of the molecule is Cc1c(S(=O)(=O)c2ccc(-c3ccccn3)s2)ccc(C(=O)NO)c1N. The first-order valence-corrected chi connectivity index (χ1v) is 9.76. The lowest BCUT2D eigenvalue weighted by molar-refractivity contribution is 0.0707. The van der Waals surface area contributed by atoms with Gasteiger partial charge in [0, 0.05) is 11.9 Å². The van der Waals surface area contributed by atoms with Gasteiger partial charge in [-0.2, -0.15) is 0 Å². The Hall–Kier alpha value is -2.75. The molecule has 0 saturated carbocycles. The number of sulfone groups is 1. The number of pyridine rings is 1. The number of amides is 1. The fourth-order valence-corrected chi connectivity index (χ4v) is 5.39. The van der Waals surface area contributed by atoms with Crippen molar-refractivity contribution in [2.45, 2.75) is 16.0 Å². The summed E-state index contributed by atoms with van der Waals surface area (Å²) in [6.45, 7) is 1.52. The molecular formula is C17H15N3O4S2. The Morgan fingerprint density at radius 3 is 2.62 bits per heavy atom. The molecule has 0 bridgehead atoms. The molecule has 9 heteroatoms. The van der Waals surface area contributed by atoms with Crippen molar-refractivity contribution in [3.8, 4) is 10.6 Å². The first-order chi connectivity index (χ1) is 12.4. The molecule has 0 fully saturated rings. The van der Waals surface area contributed by atoms with Gasteiger partial charge < -0.3 is 5.73 Å². The second-order valence-corrected chi connectivity index (χ2v) is 8.66. The minimum absolute atomic E-state index is 0.000805. The van der Waals surface area contributed by atoms with E-state index in [1.54, 1.807) is 24.4 Å². The molecule has 0 aliphatic carbocycles. The summed E-state index contributed by atoms with van der Waals surface area (Å²) in [5.41, 5.74) is 8.31. The highest BCUT2D eigenvalue weighted by molar-refractivity contribution is 7.93. The summed E-state index contributed by atoms with van der Waals surface area (Å²) in [6.07, 6.45) is 1.64. The van der Waals surface area contributed by atoms with E-state index >= 15 is 0 Å². The number of hydrogen-bond acceptors (Lipinski definition) is 7. The zero-order chi connectivity index (χ0) is 18.9. The van der Waals surface area contributed by atoms with Crippen molar-refractivity contribution in [3.05, 3.63) is 59.8 Å². The van der Waals surface area contributed by atoms with Crippen molar-refractivity contribution in [1.82, 2.24) is 10.5 Å². The zero-order valence-electron chi connectivity index (χ0n) is 13.6. The molecule has 1 aromatic carbocycles. The third kappa shape index (κ3) is 3.07. The van der Waals surface area contributed by atoms with Crippen LogP contribution in [-0.4, -0.2) is 24.5 Å². The Morgan fingerprint density at radius 1 is 1.19 bits per heavy atom. The zero-order valence-corrected chi connectivity index (χ0v) is 15.3. The molecule has 2 aromatic heterocycles. The highest BCUT2D eigenvalue weighted by Gasteiger charge is 2.25. The van der Waals surface area contributed by atoms with Gasteiger partial charge in [0.15, 0.2) is 0 Å². The Morgan fingerprint density at radius 2 is 1.96 bits per heavy atom. The fourth-order valence-electron chi connectivity index (χ4n) is 2.48. The van der Waals surface area contributed by atoms with E-state index in [0.717, 1.165) is 16.2 Å². The van der Waals surface area contributed by atoms with Gasteiger partial charge in [-0.05, 0) is 48.9 Å². The minimum Gasteiger partial charge on any atom is -0.398 e. The van der Waals surface area contributed by atoms with Gasteiger partial charge in [0.25, 0.3) is 5.91 Å². The maximum Gasteiger partial charge on any atom is 0.276 e. The van der Waals surface area contributed by atoms with Crippen LogP contribution in [0.4, 0.5) is 5.69 Å². The standard InChI is InChI=1S/C17H15N3O4S2/c1-10-14(7-5-11(16(10)18)17(21)20-22)26(23,24)15-8-6-13(25-15)12-4-2-3-9-19-12/h2-9,22H,18H2,1H3,(H,20,21). The topological polar surface area (TPSA) is 122 Å². The molecule has 0 spiro atoms. The van der Waals surface area contributed by atoms with E-state index in [0.29, 0.717) is 5.69 Å². The monoisotopic (exact) mass is 389 g/mol. The highest BCUT2D eigenvalue weighted by Crippen LogP contribution is 2.35. The van der Waals surface area contributed by atoms with Gasteiger partial charge in [0.1, 0.15) is 4.21 Å². The smallest absolute Gasteiger partial charge is 0.276 e. The number of hydrogen-bond donors (Lipinski definition) is 3. The number of nitrogens with two attached hydrogens (primary N) is 1. The second kappa shape index (κ2) is 6.87. The van der Waals surface area contributed by atoms with Gasteiger partial charge in [-0.1, -0.05) is 6.07 Å². The first kappa shape index (κ1) is 18.1. The molecule has 3 rings (SSSR count). The van der Waals surface area contributed by atoms with Crippen LogP contribution in [0.3, 0.4) is 0 Å². The van der Waals surface area contributed by atoms with Crippen LogP contribution in [-0.2, 0) is 9.84 Å². The minimum atomic E-state index is -3.81. The van der Waals surface area contributed by atoms with Gasteiger partial charge in [0.05, 0.1) is 21.0 Å². The van der Waals surface area contributed by atoms with Crippen LogP contribution in [0.1, 0.15) is 15.9 Å². The molecule has 0 unspecified atom stereocenters. The van der Waals surface area contributed by atoms with Crippen LogP contribution in [0, 0.1) is 6.92 Å².